The fraction of sp³-hybridized carbons (Fsp3) is 0.381. The molecule has 0 amide bonds. The zero-order valence-electron chi connectivity index (χ0n) is 14.9. The fourth-order valence-electron chi connectivity index (χ4n) is 3.45. The number of carboxylic acids is 1. The number of thioether (sulfide) groups is 1. The van der Waals surface area contributed by atoms with E-state index in [0.29, 0.717) is 19.1 Å². The van der Waals surface area contributed by atoms with Crippen LogP contribution in [0.25, 0.3) is 0 Å². The molecule has 1 aliphatic carbocycles. The van der Waals surface area contributed by atoms with E-state index >= 15 is 0 Å². The van der Waals surface area contributed by atoms with Crippen molar-refractivity contribution in [1.82, 2.24) is 0 Å². The van der Waals surface area contributed by atoms with E-state index in [4.69, 9.17) is 21.4 Å². The van der Waals surface area contributed by atoms with E-state index in [9.17, 15) is 9.90 Å². The lowest BCUT2D eigenvalue weighted by atomic mass is 9.97. The van der Waals surface area contributed by atoms with Gasteiger partial charge in [0.2, 0.25) is 0 Å². The number of aliphatic hydroxyl groups is 1. The SMILES string of the molecule is O=C(O)c1cccc(COC[C@H]2C(O)CC[C@@H]2CSc2cccc(Cl)c2)c1. The molecular weight excluding hydrogens is 384 g/mol. The summed E-state index contributed by atoms with van der Waals surface area (Å²) >= 11 is 7.80. The predicted octanol–water partition coefficient (Wildman–Crippen LogP) is 4.73. The Kier molecular flexibility index (Phi) is 7.19. The lowest BCUT2D eigenvalue weighted by Crippen LogP contribution is -2.25. The number of hydrogen-bond acceptors (Lipinski definition) is 4. The Morgan fingerprint density at radius 2 is 2.00 bits per heavy atom. The molecule has 0 aliphatic heterocycles. The van der Waals surface area contributed by atoms with Crippen molar-refractivity contribution >= 4 is 29.3 Å². The smallest absolute Gasteiger partial charge is 0.335 e. The summed E-state index contributed by atoms with van der Waals surface area (Å²) in [5.74, 6) is 0.453. The van der Waals surface area contributed by atoms with Gasteiger partial charge in [-0.3, -0.25) is 0 Å². The molecule has 2 aromatic rings. The molecule has 3 atom stereocenters. The Balaban J connectivity index is 1.51. The molecule has 0 spiro atoms. The molecule has 1 fully saturated rings. The van der Waals surface area contributed by atoms with Crippen LogP contribution < -0.4 is 0 Å². The molecule has 2 N–H and O–H groups in total. The van der Waals surface area contributed by atoms with E-state index in [-0.39, 0.29) is 17.6 Å². The number of ether oxygens (including phenoxy) is 1. The monoisotopic (exact) mass is 406 g/mol. The first-order valence-electron chi connectivity index (χ1n) is 8.99. The van der Waals surface area contributed by atoms with E-state index in [2.05, 4.69) is 0 Å². The van der Waals surface area contributed by atoms with Crippen LogP contribution in [-0.2, 0) is 11.3 Å². The average molecular weight is 407 g/mol. The molecule has 0 heterocycles. The third-order valence-corrected chi connectivity index (χ3v) is 6.36. The van der Waals surface area contributed by atoms with Crippen LogP contribution in [-0.4, -0.2) is 34.6 Å². The molecule has 0 radical (unpaired) electrons. The Labute approximate surface area is 168 Å². The number of aromatic carboxylic acids is 1. The van der Waals surface area contributed by atoms with Crippen LogP contribution in [0.15, 0.2) is 53.4 Å². The number of carbonyl (C=O) groups is 1. The van der Waals surface area contributed by atoms with Gasteiger partial charge in [-0.25, -0.2) is 4.79 Å². The van der Waals surface area contributed by atoms with E-state index in [1.165, 1.54) is 0 Å². The molecule has 144 valence electrons. The Morgan fingerprint density at radius 3 is 2.78 bits per heavy atom. The number of hydrogen-bond donors (Lipinski definition) is 2. The van der Waals surface area contributed by atoms with Crippen LogP contribution in [0.2, 0.25) is 5.02 Å². The van der Waals surface area contributed by atoms with Crippen LogP contribution in [0, 0.1) is 11.8 Å². The van der Waals surface area contributed by atoms with Gasteiger partial charge in [0.1, 0.15) is 0 Å². The highest BCUT2D eigenvalue weighted by atomic mass is 35.5. The summed E-state index contributed by atoms with van der Waals surface area (Å²) in [4.78, 5) is 12.2. The van der Waals surface area contributed by atoms with Gasteiger partial charge in [0.15, 0.2) is 0 Å². The van der Waals surface area contributed by atoms with Crippen LogP contribution in [0.4, 0.5) is 0 Å². The number of rotatable bonds is 8. The summed E-state index contributed by atoms with van der Waals surface area (Å²) in [5.41, 5.74) is 1.08. The number of aliphatic hydroxyl groups excluding tert-OH is 1. The average Bonchev–Trinajstić information content (AvgIpc) is 3.00. The standard InChI is InChI=1S/C21H23ClO4S/c22-17-5-2-6-18(10-17)27-13-16-7-8-20(23)19(16)12-26-11-14-3-1-4-15(9-14)21(24)25/h1-6,9-10,16,19-20,23H,7-8,11-13H2,(H,24,25)/t16-,19-,20?/m1/s1. The van der Waals surface area contributed by atoms with Crippen molar-refractivity contribution in [3.63, 3.8) is 0 Å². The molecule has 1 unspecified atom stereocenters. The predicted molar refractivity (Wildman–Crippen MR) is 107 cm³/mol. The van der Waals surface area contributed by atoms with Gasteiger partial charge in [-0.15, -0.1) is 11.8 Å². The van der Waals surface area contributed by atoms with Gasteiger partial charge in [0.25, 0.3) is 0 Å². The Morgan fingerprint density at radius 1 is 1.19 bits per heavy atom. The number of carboxylic acid groups (broad SMARTS) is 1. The van der Waals surface area contributed by atoms with Crippen LogP contribution in [0.5, 0.6) is 0 Å². The first-order chi connectivity index (χ1) is 13.0. The minimum atomic E-state index is -0.943. The zero-order chi connectivity index (χ0) is 19.2. The van der Waals surface area contributed by atoms with Gasteiger partial charge in [-0.1, -0.05) is 29.8 Å². The molecule has 6 heteroatoms. The topological polar surface area (TPSA) is 66.8 Å². The van der Waals surface area contributed by atoms with Gasteiger partial charge in [0, 0.05) is 21.6 Å². The first kappa shape index (κ1) is 20.2. The molecule has 1 aliphatic rings. The number of halogens is 1. The normalized spacial score (nSPS) is 22.1. The van der Waals surface area contributed by atoms with Crippen molar-refractivity contribution in [1.29, 1.82) is 0 Å². The lowest BCUT2D eigenvalue weighted by molar-refractivity contribution is 0.0246. The second kappa shape index (κ2) is 9.60. The van der Waals surface area contributed by atoms with Crippen molar-refractivity contribution in [2.75, 3.05) is 12.4 Å². The van der Waals surface area contributed by atoms with E-state index in [0.717, 1.165) is 34.1 Å². The van der Waals surface area contributed by atoms with E-state index < -0.39 is 5.97 Å². The summed E-state index contributed by atoms with van der Waals surface area (Å²) in [6, 6.07) is 14.6. The van der Waals surface area contributed by atoms with Crippen molar-refractivity contribution < 1.29 is 19.7 Å². The highest BCUT2D eigenvalue weighted by molar-refractivity contribution is 7.99. The first-order valence-corrected chi connectivity index (χ1v) is 10.4. The minimum absolute atomic E-state index is 0.0966. The van der Waals surface area contributed by atoms with E-state index in [1.807, 2.05) is 30.3 Å². The highest BCUT2D eigenvalue weighted by Gasteiger charge is 2.34. The van der Waals surface area contributed by atoms with Crippen molar-refractivity contribution in [2.45, 2.75) is 30.4 Å². The zero-order valence-corrected chi connectivity index (χ0v) is 16.5. The molecule has 27 heavy (non-hydrogen) atoms. The Hall–Kier alpha value is -1.53. The maximum atomic E-state index is 11.0. The quantitative estimate of drug-likeness (QED) is 0.620. The summed E-state index contributed by atoms with van der Waals surface area (Å²) in [5, 5.41) is 20.1. The van der Waals surface area contributed by atoms with Gasteiger partial charge in [-0.2, -0.15) is 0 Å². The second-order valence-electron chi connectivity index (χ2n) is 6.86. The largest absolute Gasteiger partial charge is 0.478 e. The fourth-order valence-corrected chi connectivity index (χ4v) is 4.91. The summed E-state index contributed by atoms with van der Waals surface area (Å²) in [7, 11) is 0. The molecule has 0 saturated heterocycles. The third kappa shape index (κ3) is 5.72. The van der Waals surface area contributed by atoms with Gasteiger partial charge < -0.3 is 14.9 Å². The molecule has 3 rings (SSSR count). The highest BCUT2D eigenvalue weighted by Crippen LogP contribution is 2.37. The lowest BCUT2D eigenvalue weighted by Gasteiger charge is -2.22. The van der Waals surface area contributed by atoms with Gasteiger partial charge in [0.05, 0.1) is 24.9 Å². The Bertz CT molecular complexity index is 782. The molecule has 4 nitrogen and oxygen atoms in total. The third-order valence-electron chi connectivity index (χ3n) is 4.95. The van der Waals surface area contributed by atoms with Crippen molar-refractivity contribution in [3.05, 3.63) is 64.7 Å². The summed E-state index contributed by atoms with van der Waals surface area (Å²) in [6.07, 6.45) is 1.43. The van der Waals surface area contributed by atoms with Crippen molar-refractivity contribution in [3.8, 4) is 0 Å². The van der Waals surface area contributed by atoms with E-state index in [1.54, 1.807) is 30.0 Å². The number of benzene rings is 2. The maximum absolute atomic E-state index is 11.0. The maximum Gasteiger partial charge on any atom is 0.335 e. The second-order valence-corrected chi connectivity index (χ2v) is 8.39. The molecule has 0 bridgehead atoms. The minimum Gasteiger partial charge on any atom is -0.478 e. The van der Waals surface area contributed by atoms with Crippen LogP contribution in [0.1, 0.15) is 28.8 Å². The molecular formula is C21H23ClO4S. The summed E-state index contributed by atoms with van der Waals surface area (Å²) in [6.45, 7) is 0.817. The van der Waals surface area contributed by atoms with Gasteiger partial charge >= 0.3 is 5.97 Å². The molecule has 0 aromatic heterocycles. The van der Waals surface area contributed by atoms with Crippen LogP contribution >= 0.6 is 23.4 Å². The van der Waals surface area contributed by atoms with Crippen molar-refractivity contribution in [2.24, 2.45) is 11.8 Å². The molecule has 2 aromatic carbocycles. The molecule has 1 saturated carbocycles. The summed E-state index contributed by atoms with van der Waals surface area (Å²) < 4.78 is 5.83. The van der Waals surface area contributed by atoms with Gasteiger partial charge in [-0.05, 0) is 54.7 Å². The van der Waals surface area contributed by atoms with Crippen LogP contribution in [0.3, 0.4) is 0 Å².